The molecule has 5 nitrogen and oxygen atoms in total. The van der Waals surface area contributed by atoms with Crippen molar-refractivity contribution in [1.29, 1.82) is 0 Å². The van der Waals surface area contributed by atoms with Gasteiger partial charge in [0.25, 0.3) is 5.91 Å². The van der Waals surface area contributed by atoms with Gasteiger partial charge < -0.3 is 10.5 Å². The number of ether oxygens (including phenoxy) is 1. The molecule has 1 aliphatic carbocycles. The molecule has 4 rings (SSSR count). The summed E-state index contributed by atoms with van der Waals surface area (Å²) in [5, 5.41) is 1.40. The molecule has 0 bridgehead atoms. The third-order valence-electron chi connectivity index (χ3n) is 4.61. The van der Waals surface area contributed by atoms with Gasteiger partial charge >= 0.3 is 0 Å². The van der Waals surface area contributed by atoms with Crippen molar-refractivity contribution in [2.45, 2.75) is 25.3 Å². The highest BCUT2D eigenvalue weighted by atomic mass is 35.5. The van der Waals surface area contributed by atoms with Crippen LogP contribution >= 0.6 is 22.9 Å². The Morgan fingerprint density at radius 2 is 2.25 bits per heavy atom. The van der Waals surface area contributed by atoms with Crippen molar-refractivity contribution < 1.29 is 9.53 Å². The van der Waals surface area contributed by atoms with Crippen LogP contribution in [0.15, 0.2) is 42.7 Å². The lowest BCUT2D eigenvalue weighted by Crippen LogP contribution is -2.12. The minimum absolute atomic E-state index is 0.0317. The second-order valence-corrected chi connectivity index (χ2v) is 8.04. The number of hydrogen-bond donors (Lipinski definition) is 1. The molecule has 2 unspecified atom stereocenters. The average Bonchev–Trinajstić information content (AvgIpc) is 3.25. The number of hydrogen-bond acceptors (Lipinski definition) is 4. The van der Waals surface area contributed by atoms with Gasteiger partial charge in [0.1, 0.15) is 28.1 Å². The van der Waals surface area contributed by atoms with E-state index in [0.717, 1.165) is 22.0 Å². The van der Waals surface area contributed by atoms with Crippen molar-refractivity contribution in [3.8, 4) is 10.8 Å². The van der Waals surface area contributed by atoms with Gasteiger partial charge in [-0.05, 0) is 25.5 Å². The molecule has 8 heteroatoms. The highest BCUT2D eigenvalue weighted by Gasteiger charge is 2.22. The zero-order valence-corrected chi connectivity index (χ0v) is 16.7. The number of benzene rings is 1. The topological polar surface area (TPSA) is 70.1 Å². The highest BCUT2D eigenvalue weighted by Crippen LogP contribution is 2.37. The Morgan fingerprint density at radius 1 is 1.46 bits per heavy atom. The Morgan fingerprint density at radius 3 is 3.00 bits per heavy atom. The molecule has 2 heterocycles. The Labute approximate surface area is 173 Å². The first-order valence-electron chi connectivity index (χ1n) is 8.79. The Bertz CT molecular complexity index is 1080. The van der Waals surface area contributed by atoms with Gasteiger partial charge in [0, 0.05) is 16.7 Å². The summed E-state index contributed by atoms with van der Waals surface area (Å²) in [5.41, 5.74) is 8.30. The number of carbonyl (C=O) groups is 1. The maximum atomic E-state index is 12.0. The lowest BCUT2D eigenvalue weighted by atomic mass is 9.80. The number of halogens is 1. The maximum absolute atomic E-state index is 12.0. The van der Waals surface area contributed by atoms with E-state index in [-0.39, 0.29) is 11.9 Å². The summed E-state index contributed by atoms with van der Waals surface area (Å²) in [6, 6.07) is 9.26. The second-order valence-electron chi connectivity index (χ2n) is 6.60. The number of carbonyl (C=O) groups excluding carboxylic acids is 1. The molecule has 0 spiro atoms. The van der Waals surface area contributed by atoms with Crippen molar-refractivity contribution >= 4 is 42.8 Å². The zero-order chi connectivity index (χ0) is 19.8. The number of rotatable bonds is 5. The van der Waals surface area contributed by atoms with Gasteiger partial charge in [-0.25, -0.2) is 4.98 Å². The number of amides is 1. The molecule has 0 saturated carbocycles. The number of allylic oxidation sites excluding steroid dienone is 1. The number of fused-ring (bicyclic) bond motifs is 1. The van der Waals surface area contributed by atoms with Gasteiger partial charge in [-0.3, -0.25) is 9.36 Å². The van der Waals surface area contributed by atoms with Gasteiger partial charge in [0.2, 0.25) is 0 Å². The molecule has 2 atom stereocenters. The summed E-state index contributed by atoms with van der Waals surface area (Å²) < 4.78 is 7.99. The van der Waals surface area contributed by atoms with Crippen LogP contribution in [0.3, 0.4) is 0 Å². The molecule has 0 saturated heterocycles. The first-order chi connectivity index (χ1) is 13.4. The van der Waals surface area contributed by atoms with E-state index in [1.54, 1.807) is 12.4 Å². The first kappa shape index (κ1) is 18.8. The number of aromatic nitrogens is 2. The second kappa shape index (κ2) is 7.49. The van der Waals surface area contributed by atoms with Crippen LogP contribution in [-0.2, 0) is 6.42 Å². The van der Waals surface area contributed by atoms with Crippen molar-refractivity contribution in [2.75, 3.05) is 0 Å². The molecular weight excluding hydrogens is 393 g/mol. The van der Waals surface area contributed by atoms with Crippen molar-refractivity contribution in [3.05, 3.63) is 69.6 Å². The molecule has 0 aliphatic heterocycles. The Balaban J connectivity index is 1.69. The van der Waals surface area contributed by atoms with Crippen LogP contribution in [0.25, 0.3) is 11.1 Å². The van der Waals surface area contributed by atoms with Crippen LogP contribution in [0.4, 0.5) is 0 Å². The molecule has 1 amide bonds. The van der Waals surface area contributed by atoms with E-state index in [2.05, 4.69) is 4.98 Å². The average molecular weight is 410 g/mol. The fourth-order valence-corrected chi connectivity index (χ4v) is 4.43. The molecule has 2 radical (unpaired) electrons. The molecular formula is C20H17BClN3O2S. The largest absolute Gasteiger partial charge is 0.484 e. The summed E-state index contributed by atoms with van der Waals surface area (Å²) in [7, 11) is 5.96. The van der Waals surface area contributed by atoms with E-state index in [4.69, 9.17) is 29.9 Å². The lowest BCUT2D eigenvalue weighted by molar-refractivity contribution is 0.0998. The van der Waals surface area contributed by atoms with E-state index in [1.165, 1.54) is 11.3 Å². The molecule has 28 heavy (non-hydrogen) atoms. The zero-order valence-electron chi connectivity index (χ0n) is 15.1. The van der Waals surface area contributed by atoms with E-state index >= 15 is 0 Å². The predicted octanol–water partition coefficient (Wildman–Crippen LogP) is 4.35. The standard InChI is InChI=1S/C20H17BClN3O2S/c1-11(13-4-2-3-5-14(13)22)27-17-9-18(28-19(17)20(23)26)25-10-24-15-8-12(21)6-7-16(15)25/h2-7,9-12H,8H2,1H3,(H2,23,26). The molecule has 140 valence electrons. The number of primary amides is 1. The fraction of sp³-hybridized carbons (Fsp3) is 0.200. The maximum Gasteiger partial charge on any atom is 0.262 e. The lowest BCUT2D eigenvalue weighted by Gasteiger charge is -2.16. The Kier molecular flexibility index (Phi) is 5.04. The van der Waals surface area contributed by atoms with Gasteiger partial charge in [-0.2, -0.15) is 0 Å². The van der Waals surface area contributed by atoms with Crippen LogP contribution in [0.1, 0.15) is 39.7 Å². The minimum Gasteiger partial charge on any atom is -0.484 e. The minimum atomic E-state index is -0.538. The van der Waals surface area contributed by atoms with Gasteiger partial charge in [-0.15, -0.1) is 11.3 Å². The number of nitrogens with two attached hydrogens (primary N) is 1. The normalized spacial score (nSPS) is 16.6. The monoisotopic (exact) mass is 409 g/mol. The first-order valence-corrected chi connectivity index (χ1v) is 9.98. The summed E-state index contributed by atoms with van der Waals surface area (Å²) >= 11 is 7.53. The van der Waals surface area contributed by atoms with Gasteiger partial charge in [0.05, 0.1) is 19.2 Å². The van der Waals surface area contributed by atoms with E-state index < -0.39 is 5.91 Å². The Hall–Kier alpha value is -2.51. The molecule has 2 aromatic heterocycles. The molecule has 1 aromatic carbocycles. The van der Waals surface area contributed by atoms with Gasteiger partial charge in [0.15, 0.2) is 0 Å². The van der Waals surface area contributed by atoms with E-state index in [9.17, 15) is 4.79 Å². The van der Waals surface area contributed by atoms with Crippen LogP contribution in [0, 0.1) is 0 Å². The van der Waals surface area contributed by atoms with E-state index in [1.807, 2.05) is 47.9 Å². The predicted molar refractivity (Wildman–Crippen MR) is 113 cm³/mol. The molecule has 3 aromatic rings. The molecule has 2 N–H and O–H groups in total. The summed E-state index contributed by atoms with van der Waals surface area (Å²) in [5.74, 6) is -0.140. The third-order valence-corrected chi connectivity index (χ3v) is 6.08. The van der Waals surface area contributed by atoms with Crippen LogP contribution in [0.2, 0.25) is 10.8 Å². The van der Waals surface area contributed by atoms with Gasteiger partial charge in [-0.1, -0.05) is 41.7 Å². The van der Waals surface area contributed by atoms with Crippen molar-refractivity contribution in [2.24, 2.45) is 5.73 Å². The fourth-order valence-electron chi connectivity index (χ4n) is 3.21. The summed E-state index contributed by atoms with van der Waals surface area (Å²) in [6.45, 7) is 1.88. The highest BCUT2D eigenvalue weighted by molar-refractivity contribution is 7.16. The third kappa shape index (κ3) is 3.47. The number of imidazole rings is 1. The number of nitrogens with zero attached hydrogens (tertiary/aromatic N) is 2. The molecule has 0 fully saturated rings. The SMILES string of the molecule is [B]C1C=Cc2c(ncn2-c2cc(OC(C)c3ccccc3Cl)c(C(N)=O)s2)C1. The van der Waals surface area contributed by atoms with Crippen LogP contribution in [-0.4, -0.2) is 23.3 Å². The van der Waals surface area contributed by atoms with Crippen molar-refractivity contribution in [3.63, 3.8) is 0 Å². The smallest absolute Gasteiger partial charge is 0.262 e. The van der Waals surface area contributed by atoms with E-state index in [0.29, 0.717) is 22.1 Å². The summed E-state index contributed by atoms with van der Waals surface area (Å²) in [4.78, 5) is 16.8. The van der Waals surface area contributed by atoms with Crippen molar-refractivity contribution in [1.82, 2.24) is 9.55 Å². The summed E-state index contributed by atoms with van der Waals surface area (Å²) in [6.07, 6.45) is 5.96. The van der Waals surface area contributed by atoms with Crippen LogP contribution < -0.4 is 10.5 Å². The quantitative estimate of drug-likeness (QED) is 0.637. The molecule has 1 aliphatic rings. The van der Waals surface area contributed by atoms with Crippen LogP contribution in [0.5, 0.6) is 5.75 Å². The number of thiophene rings is 1.